The minimum absolute atomic E-state index is 0.126. The monoisotopic (exact) mass is 297 g/mol. The first-order valence-electron chi connectivity index (χ1n) is 6.01. The van der Waals surface area contributed by atoms with E-state index in [1.54, 1.807) is 18.2 Å². The fraction of sp³-hybridized carbons (Fsp3) is 0.308. The summed E-state index contributed by atoms with van der Waals surface area (Å²) in [6, 6.07) is 5.15. The highest BCUT2D eigenvalue weighted by molar-refractivity contribution is 7.92. The predicted molar refractivity (Wildman–Crippen MR) is 74.6 cm³/mol. The van der Waals surface area contributed by atoms with Gasteiger partial charge < -0.3 is 0 Å². The van der Waals surface area contributed by atoms with Gasteiger partial charge in [-0.1, -0.05) is 6.07 Å². The molecule has 5 nitrogen and oxygen atoms in total. The highest BCUT2D eigenvalue weighted by atomic mass is 32.2. The third-order valence-electron chi connectivity index (χ3n) is 3.13. The highest BCUT2D eigenvalue weighted by Crippen LogP contribution is 2.22. The van der Waals surface area contributed by atoms with Gasteiger partial charge in [0.15, 0.2) is 4.90 Å². The number of anilines is 1. The lowest BCUT2D eigenvalue weighted by Crippen LogP contribution is -2.15. The summed E-state index contributed by atoms with van der Waals surface area (Å²) in [6.07, 6.45) is 0. The molecule has 0 amide bonds. The molecule has 2 aromatic rings. The van der Waals surface area contributed by atoms with Gasteiger partial charge in [-0.05, 0) is 44.0 Å². The molecule has 1 N–H and O–H groups in total. The molecular weight excluding hydrogens is 281 g/mol. The Balaban J connectivity index is 2.43. The zero-order valence-corrected chi connectivity index (χ0v) is 12.5. The second-order valence-electron chi connectivity index (χ2n) is 4.73. The summed E-state index contributed by atoms with van der Waals surface area (Å²) in [4.78, 5) is -0.418. The lowest BCUT2D eigenvalue weighted by atomic mass is 10.1. The number of nitrogens with one attached hydrogen (secondary N) is 1. The Morgan fingerprint density at radius 1 is 1.20 bits per heavy atom. The van der Waals surface area contributed by atoms with Crippen molar-refractivity contribution in [1.29, 1.82) is 0 Å². The zero-order chi connectivity index (χ0) is 15.1. The molecule has 0 aliphatic heterocycles. The van der Waals surface area contributed by atoms with Gasteiger partial charge in [0.1, 0.15) is 0 Å². The lowest BCUT2D eigenvalue weighted by molar-refractivity contribution is 0.483. The molecule has 20 heavy (non-hydrogen) atoms. The highest BCUT2D eigenvalue weighted by Gasteiger charge is 2.26. The number of halogens is 1. The number of sulfonamides is 1. The van der Waals surface area contributed by atoms with E-state index in [4.69, 9.17) is 0 Å². The second kappa shape index (κ2) is 4.90. The largest absolute Gasteiger partial charge is 0.279 e. The Kier molecular flexibility index (Phi) is 3.56. The van der Waals surface area contributed by atoms with Crippen LogP contribution in [0.15, 0.2) is 23.1 Å². The van der Waals surface area contributed by atoms with Crippen molar-refractivity contribution < 1.29 is 12.8 Å². The van der Waals surface area contributed by atoms with E-state index >= 15 is 0 Å². The number of hydrogen-bond acceptors (Lipinski definition) is 3. The summed E-state index contributed by atoms with van der Waals surface area (Å²) in [5.41, 5.74) is 2.53. The fourth-order valence-corrected chi connectivity index (χ4v) is 3.25. The number of aryl methyl sites for hydroxylation is 4. The molecule has 1 aromatic carbocycles. The molecule has 0 saturated heterocycles. The van der Waals surface area contributed by atoms with E-state index < -0.39 is 20.9 Å². The number of benzene rings is 1. The summed E-state index contributed by atoms with van der Waals surface area (Å²) in [5.74, 6) is -0.876. The minimum Gasteiger partial charge on any atom is -0.279 e. The van der Waals surface area contributed by atoms with Crippen molar-refractivity contribution in [2.45, 2.75) is 25.7 Å². The van der Waals surface area contributed by atoms with Crippen LogP contribution < -0.4 is 4.72 Å². The van der Waals surface area contributed by atoms with E-state index in [9.17, 15) is 12.8 Å². The van der Waals surface area contributed by atoms with Crippen LogP contribution >= 0.6 is 0 Å². The standard InChI is InChI=1S/C13H16FN3O2S/c1-8-5-6-11(7-9(8)2)16-20(18,19)12-10(3)15-17(4)13(12)14/h5-7,16H,1-4H3. The van der Waals surface area contributed by atoms with Crippen LogP contribution in [0, 0.1) is 26.7 Å². The Bertz CT molecular complexity index is 766. The third kappa shape index (κ3) is 2.53. The fourth-order valence-electron chi connectivity index (χ4n) is 1.93. The van der Waals surface area contributed by atoms with Crippen LogP contribution in [0.4, 0.5) is 10.1 Å². The summed E-state index contributed by atoms with van der Waals surface area (Å²) in [6.45, 7) is 5.26. The molecule has 0 aliphatic carbocycles. The molecule has 0 bridgehead atoms. The van der Waals surface area contributed by atoms with Crippen molar-refractivity contribution in [3.63, 3.8) is 0 Å². The van der Waals surface area contributed by atoms with Crippen molar-refractivity contribution in [1.82, 2.24) is 9.78 Å². The first kappa shape index (κ1) is 14.5. The van der Waals surface area contributed by atoms with Gasteiger partial charge in [-0.2, -0.15) is 9.49 Å². The smallest absolute Gasteiger partial charge is 0.268 e. The number of rotatable bonds is 3. The maximum Gasteiger partial charge on any atom is 0.268 e. The minimum atomic E-state index is -3.99. The van der Waals surface area contributed by atoms with Crippen LogP contribution in [0.1, 0.15) is 16.8 Å². The van der Waals surface area contributed by atoms with Crippen molar-refractivity contribution in [3.05, 3.63) is 41.0 Å². The molecule has 1 heterocycles. The molecule has 0 unspecified atom stereocenters. The van der Waals surface area contributed by atoms with Gasteiger partial charge in [0.05, 0.1) is 5.69 Å². The van der Waals surface area contributed by atoms with Crippen molar-refractivity contribution in [2.75, 3.05) is 4.72 Å². The van der Waals surface area contributed by atoms with Gasteiger partial charge >= 0.3 is 0 Å². The van der Waals surface area contributed by atoms with Gasteiger partial charge in [-0.15, -0.1) is 0 Å². The molecule has 2 rings (SSSR count). The van der Waals surface area contributed by atoms with E-state index in [0.717, 1.165) is 15.8 Å². The summed E-state index contributed by atoms with van der Waals surface area (Å²) in [5, 5.41) is 3.77. The summed E-state index contributed by atoms with van der Waals surface area (Å²) < 4.78 is 41.6. The van der Waals surface area contributed by atoms with Gasteiger partial charge in [0.2, 0.25) is 5.95 Å². The normalized spacial score (nSPS) is 11.7. The first-order chi connectivity index (χ1) is 9.22. The van der Waals surface area contributed by atoms with Crippen molar-refractivity contribution in [2.24, 2.45) is 7.05 Å². The van der Waals surface area contributed by atoms with E-state index in [0.29, 0.717) is 5.69 Å². The molecule has 0 radical (unpaired) electrons. The Hall–Kier alpha value is -1.89. The number of aromatic nitrogens is 2. The van der Waals surface area contributed by atoms with Crippen LogP contribution in [0.2, 0.25) is 0 Å². The van der Waals surface area contributed by atoms with Gasteiger partial charge in [-0.25, -0.2) is 13.1 Å². The SMILES string of the molecule is Cc1ccc(NS(=O)(=O)c2c(C)nn(C)c2F)cc1C. The Morgan fingerprint density at radius 3 is 2.35 bits per heavy atom. The van der Waals surface area contributed by atoms with Gasteiger partial charge in [0.25, 0.3) is 10.0 Å². The molecule has 0 spiro atoms. The zero-order valence-electron chi connectivity index (χ0n) is 11.7. The van der Waals surface area contributed by atoms with Crippen LogP contribution in [-0.4, -0.2) is 18.2 Å². The predicted octanol–water partition coefficient (Wildman–Crippen LogP) is 2.29. The Labute approximate surface area is 117 Å². The molecule has 7 heteroatoms. The maximum atomic E-state index is 13.8. The molecule has 1 aromatic heterocycles. The average molecular weight is 297 g/mol. The Morgan fingerprint density at radius 2 is 1.85 bits per heavy atom. The summed E-state index contributed by atoms with van der Waals surface area (Å²) >= 11 is 0. The van der Waals surface area contributed by atoms with E-state index in [1.807, 2.05) is 13.8 Å². The maximum absolute atomic E-state index is 13.8. The quantitative estimate of drug-likeness (QED) is 0.945. The molecule has 0 atom stereocenters. The van der Waals surface area contributed by atoms with Crippen molar-refractivity contribution in [3.8, 4) is 0 Å². The van der Waals surface area contributed by atoms with Gasteiger partial charge in [-0.3, -0.25) is 4.72 Å². The second-order valence-corrected chi connectivity index (χ2v) is 6.35. The van der Waals surface area contributed by atoms with Crippen LogP contribution in [0.3, 0.4) is 0 Å². The molecule has 0 fully saturated rings. The van der Waals surface area contributed by atoms with Crippen LogP contribution in [0.5, 0.6) is 0 Å². The van der Waals surface area contributed by atoms with Crippen LogP contribution in [0.25, 0.3) is 0 Å². The van der Waals surface area contributed by atoms with E-state index in [1.165, 1.54) is 14.0 Å². The molecule has 0 aliphatic rings. The topological polar surface area (TPSA) is 64.0 Å². The van der Waals surface area contributed by atoms with Crippen molar-refractivity contribution >= 4 is 15.7 Å². The molecular formula is C13H16FN3O2S. The average Bonchev–Trinajstić information content (AvgIpc) is 2.58. The molecule has 108 valence electrons. The third-order valence-corrected chi connectivity index (χ3v) is 4.63. The lowest BCUT2D eigenvalue weighted by Gasteiger charge is -2.09. The first-order valence-corrected chi connectivity index (χ1v) is 7.50. The number of hydrogen-bond donors (Lipinski definition) is 1. The van der Waals surface area contributed by atoms with Gasteiger partial charge in [0, 0.05) is 12.7 Å². The number of nitrogens with zero attached hydrogens (tertiary/aromatic N) is 2. The van der Waals surface area contributed by atoms with E-state index in [-0.39, 0.29) is 5.69 Å². The van der Waals surface area contributed by atoms with Crippen LogP contribution in [-0.2, 0) is 17.1 Å². The summed E-state index contributed by atoms with van der Waals surface area (Å²) in [7, 11) is -2.63. The van der Waals surface area contributed by atoms with E-state index in [2.05, 4.69) is 9.82 Å². The molecule has 0 saturated carbocycles.